The number of ether oxygens (including phenoxy) is 3. The first kappa shape index (κ1) is 46.9. The van der Waals surface area contributed by atoms with Gasteiger partial charge in [0.15, 0.2) is 0 Å². The van der Waals surface area contributed by atoms with Gasteiger partial charge in [-0.2, -0.15) is 0 Å². The standard InChI is InChI=1S/C29H50O2.C9H16O3.C4H11NO/c1-20(2)12-9-13-21(3)14-10-15-22(4)16-11-17-26-18-19-27-25(7)28(30-8)23(5)24(6)29(27)31-26;1-8(2)5-7-12-9(11)4-3-6-10;1-4(2,5)3-6/h20-22,26H,9-19H2,1-8H3;6,8H,3-5,7H2,1-2H3;6H,3,5H2,1-2H3. The van der Waals surface area contributed by atoms with Crippen molar-refractivity contribution in [2.75, 3.05) is 20.3 Å². The van der Waals surface area contributed by atoms with Crippen molar-refractivity contribution in [1.29, 1.82) is 0 Å². The third kappa shape index (κ3) is 21.6. The van der Waals surface area contributed by atoms with Gasteiger partial charge in [0.1, 0.15) is 17.8 Å². The van der Waals surface area contributed by atoms with Crippen LogP contribution in [0.1, 0.15) is 161 Å². The summed E-state index contributed by atoms with van der Waals surface area (Å²) in [7, 11) is 1.78. The second-order valence-corrected chi connectivity index (χ2v) is 16.1. The molecule has 0 fully saturated rings. The Hall–Kier alpha value is -2.12. The molecule has 2 rings (SSSR count). The second kappa shape index (κ2) is 25.8. The molecule has 286 valence electrons. The Morgan fingerprint density at radius 1 is 0.898 bits per heavy atom. The van der Waals surface area contributed by atoms with E-state index in [1.165, 1.54) is 80.0 Å². The third-order valence-electron chi connectivity index (χ3n) is 9.44. The van der Waals surface area contributed by atoms with Gasteiger partial charge in [-0.3, -0.25) is 4.79 Å². The lowest BCUT2D eigenvalue weighted by atomic mass is 9.89. The van der Waals surface area contributed by atoms with Crippen LogP contribution in [0, 0.1) is 44.4 Å². The Morgan fingerprint density at radius 2 is 1.43 bits per heavy atom. The number of benzene rings is 1. The Balaban J connectivity index is 0.00000105. The average molecular weight is 692 g/mol. The Morgan fingerprint density at radius 3 is 1.92 bits per heavy atom. The number of aliphatic hydroxyl groups excluding tert-OH is 1. The highest BCUT2D eigenvalue weighted by molar-refractivity contribution is 5.72. The molecule has 3 unspecified atom stereocenters. The third-order valence-corrected chi connectivity index (χ3v) is 9.44. The highest BCUT2D eigenvalue weighted by Crippen LogP contribution is 2.42. The lowest BCUT2D eigenvalue weighted by Crippen LogP contribution is -2.35. The SMILES string of the molecule is CC(C)(N)CO.CC(C)CCOC(=O)CCC=O.COc1c(C)c(C)c2c(c1C)CCC(CCCC(C)CCCC(C)CCCC(C)C)O2. The number of methoxy groups -OCH3 is 1. The first-order valence-corrected chi connectivity index (χ1v) is 19.3. The highest BCUT2D eigenvalue weighted by atomic mass is 16.5. The van der Waals surface area contributed by atoms with Gasteiger partial charge in [0.05, 0.1) is 32.8 Å². The van der Waals surface area contributed by atoms with Crippen LogP contribution in [0.3, 0.4) is 0 Å². The maximum Gasteiger partial charge on any atom is 0.306 e. The van der Waals surface area contributed by atoms with Gasteiger partial charge < -0.3 is 29.8 Å². The predicted molar refractivity (Wildman–Crippen MR) is 206 cm³/mol. The summed E-state index contributed by atoms with van der Waals surface area (Å²) in [6.45, 7) is 24.3. The molecule has 49 heavy (non-hydrogen) atoms. The molecule has 0 aromatic heterocycles. The fourth-order valence-corrected chi connectivity index (χ4v) is 5.99. The van der Waals surface area contributed by atoms with Crippen molar-refractivity contribution in [2.24, 2.45) is 29.4 Å². The van der Waals surface area contributed by atoms with E-state index in [0.29, 0.717) is 18.6 Å². The number of fused-ring (bicyclic) bond motifs is 1. The fraction of sp³-hybridized carbons (Fsp3) is 0.810. The number of carbonyl (C=O) groups is 2. The molecule has 1 aliphatic rings. The molecule has 1 aromatic carbocycles. The van der Waals surface area contributed by atoms with Crippen molar-refractivity contribution in [3.8, 4) is 11.5 Å². The molecule has 1 aromatic rings. The molecule has 3 N–H and O–H groups in total. The summed E-state index contributed by atoms with van der Waals surface area (Å²) in [4.78, 5) is 20.7. The summed E-state index contributed by atoms with van der Waals surface area (Å²) in [6, 6.07) is 0. The van der Waals surface area contributed by atoms with E-state index in [1.807, 2.05) is 0 Å². The van der Waals surface area contributed by atoms with Gasteiger partial charge in [-0.05, 0) is 107 Å². The molecule has 0 radical (unpaired) electrons. The van der Waals surface area contributed by atoms with Crippen LogP contribution in [-0.4, -0.2) is 49.3 Å². The van der Waals surface area contributed by atoms with Crippen LogP contribution in [-0.2, 0) is 20.7 Å². The second-order valence-electron chi connectivity index (χ2n) is 16.1. The normalized spacial score (nSPS) is 15.2. The number of carbonyl (C=O) groups excluding carboxylic acids is 2. The van der Waals surface area contributed by atoms with Crippen molar-refractivity contribution in [3.63, 3.8) is 0 Å². The minimum Gasteiger partial charge on any atom is -0.496 e. The van der Waals surface area contributed by atoms with Crippen LogP contribution < -0.4 is 15.2 Å². The molecular weight excluding hydrogens is 614 g/mol. The summed E-state index contributed by atoms with van der Waals surface area (Å²) in [5, 5.41) is 8.28. The summed E-state index contributed by atoms with van der Waals surface area (Å²) in [5.74, 6) is 5.05. The van der Waals surface area contributed by atoms with Gasteiger partial charge in [-0.15, -0.1) is 0 Å². The number of aliphatic hydroxyl groups is 1. The van der Waals surface area contributed by atoms with Gasteiger partial charge in [-0.1, -0.05) is 86.5 Å². The summed E-state index contributed by atoms with van der Waals surface area (Å²) < 4.78 is 17.0. The smallest absolute Gasteiger partial charge is 0.306 e. The molecule has 7 nitrogen and oxygen atoms in total. The molecule has 0 spiro atoms. The van der Waals surface area contributed by atoms with Crippen LogP contribution in [0.5, 0.6) is 11.5 Å². The monoisotopic (exact) mass is 692 g/mol. The molecule has 1 heterocycles. The topological polar surface area (TPSA) is 108 Å². The molecule has 0 amide bonds. The van der Waals surface area contributed by atoms with Crippen molar-refractivity contribution in [2.45, 2.75) is 178 Å². The zero-order valence-electron chi connectivity index (χ0n) is 33.8. The van der Waals surface area contributed by atoms with E-state index in [0.717, 1.165) is 54.8 Å². The number of esters is 1. The first-order valence-electron chi connectivity index (χ1n) is 19.3. The largest absolute Gasteiger partial charge is 0.496 e. The maximum absolute atomic E-state index is 10.8. The minimum atomic E-state index is -0.403. The van der Waals surface area contributed by atoms with Crippen LogP contribution >= 0.6 is 0 Å². The zero-order valence-corrected chi connectivity index (χ0v) is 33.8. The van der Waals surface area contributed by atoms with E-state index in [-0.39, 0.29) is 25.4 Å². The summed E-state index contributed by atoms with van der Waals surface area (Å²) >= 11 is 0. The molecular formula is C42H77NO6. The highest BCUT2D eigenvalue weighted by Gasteiger charge is 2.26. The van der Waals surface area contributed by atoms with E-state index in [4.69, 9.17) is 25.1 Å². The molecule has 0 aliphatic carbocycles. The van der Waals surface area contributed by atoms with Crippen molar-refractivity contribution in [1.82, 2.24) is 0 Å². The number of aldehydes is 1. The lowest BCUT2D eigenvalue weighted by Gasteiger charge is -2.30. The Bertz CT molecular complexity index is 1040. The van der Waals surface area contributed by atoms with Crippen LogP contribution in [0.25, 0.3) is 0 Å². The molecule has 7 heteroatoms. The van der Waals surface area contributed by atoms with Gasteiger partial charge in [0.25, 0.3) is 0 Å². The van der Waals surface area contributed by atoms with Crippen molar-refractivity contribution < 1.29 is 28.9 Å². The maximum atomic E-state index is 10.8. The average Bonchev–Trinajstić information content (AvgIpc) is 3.03. The van der Waals surface area contributed by atoms with Crippen LogP contribution in [0.4, 0.5) is 0 Å². The molecule has 1 aliphatic heterocycles. The van der Waals surface area contributed by atoms with Crippen LogP contribution in [0.15, 0.2) is 0 Å². The molecule has 0 saturated carbocycles. The first-order chi connectivity index (χ1) is 23.0. The predicted octanol–water partition coefficient (Wildman–Crippen LogP) is 10.0. The number of rotatable bonds is 20. The summed E-state index contributed by atoms with van der Waals surface area (Å²) in [5.41, 5.74) is 10.0. The molecule has 0 saturated heterocycles. The lowest BCUT2D eigenvalue weighted by molar-refractivity contribution is -0.144. The zero-order chi connectivity index (χ0) is 37.6. The van der Waals surface area contributed by atoms with Crippen molar-refractivity contribution in [3.05, 3.63) is 22.3 Å². The Labute approximate surface area is 301 Å². The van der Waals surface area contributed by atoms with E-state index < -0.39 is 5.54 Å². The van der Waals surface area contributed by atoms with Crippen molar-refractivity contribution >= 4 is 12.3 Å². The fourth-order valence-electron chi connectivity index (χ4n) is 5.99. The van der Waals surface area contributed by atoms with E-state index in [9.17, 15) is 9.59 Å². The summed E-state index contributed by atoms with van der Waals surface area (Å²) in [6.07, 6.45) is 17.0. The number of hydrogen-bond donors (Lipinski definition) is 2. The van der Waals surface area contributed by atoms with E-state index in [2.05, 4.69) is 62.3 Å². The van der Waals surface area contributed by atoms with Gasteiger partial charge in [0, 0.05) is 17.5 Å². The van der Waals surface area contributed by atoms with E-state index in [1.54, 1.807) is 21.0 Å². The van der Waals surface area contributed by atoms with Crippen LogP contribution in [0.2, 0.25) is 0 Å². The van der Waals surface area contributed by atoms with Gasteiger partial charge in [-0.25, -0.2) is 0 Å². The van der Waals surface area contributed by atoms with Gasteiger partial charge >= 0.3 is 5.97 Å². The number of nitrogens with two attached hydrogens (primary N) is 1. The minimum absolute atomic E-state index is 0.0486. The quantitative estimate of drug-likeness (QED) is 0.103. The molecule has 3 atom stereocenters. The van der Waals surface area contributed by atoms with E-state index >= 15 is 0 Å². The number of hydrogen-bond acceptors (Lipinski definition) is 7. The Kier molecular flexibility index (Phi) is 24.7. The van der Waals surface area contributed by atoms with Gasteiger partial charge in [0.2, 0.25) is 0 Å². The molecule has 0 bridgehead atoms.